The van der Waals surface area contributed by atoms with Crippen LogP contribution in [0, 0.1) is 0 Å². The van der Waals surface area contributed by atoms with Crippen LogP contribution in [0.1, 0.15) is 53.4 Å². The first-order chi connectivity index (χ1) is 23.1. The van der Waals surface area contributed by atoms with Gasteiger partial charge in [-0.3, -0.25) is 19.9 Å². The van der Waals surface area contributed by atoms with Crippen molar-refractivity contribution in [1.82, 2.24) is 15.2 Å². The molecule has 0 bridgehead atoms. The lowest BCUT2D eigenvalue weighted by Crippen LogP contribution is -2.63. The van der Waals surface area contributed by atoms with Crippen LogP contribution >= 0.6 is 23.2 Å². The van der Waals surface area contributed by atoms with Crippen molar-refractivity contribution < 1.29 is 28.7 Å². The Kier molecular flexibility index (Phi) is 9.61. The van der Waals surface area contributed by atoms with Gasteiger partial charge >= 0.3 is 17.8 Å². The van der Waals surface area contributed by atoms with Gasteiger partial charge in [-0.25, -0.2) is 14.5 Å². The van der Waals surface area contributed by atoms with Gasteiger partial charge in [0.15, 0.2) is 5.78 Å². The van der Waals surface area contributed by atoms with E-state index >= 15 is 0 Å². The van der Waals surface area contributed by atoms with Gasteiger partial charge in [0.1, 0.15) is 0 Å². The van der Waals surface area contributed by atoms with Crippen LogP contribution in [0.25, 0.3) is 10.9 Å². The molecule has 0 aliphatic carbocycles. The lowest BCUT2D eigenvalue weighted by Gasteiger charge is -2.48. The van der Waals surface area contributed by atoms with Crippen LogP contribution in [-0.4, -0.2) is 52.8 Å². The molecule has 2 aliphatic rings. The molecule has 0 saturated heterocycles. The van der Waals surface area contributed by atoms with Crippen molar-refractivity contribution >= 4 is 63.4 Å². The molecule has 1 spiro atoms. The number of esters is 2. The molecule has 6 rings (SSSR count). The van der Waals surface area contributed by atoms with E-state index in [2.05, 4.69) is 10.6 Å². The van der Waals surface area contributed by atoms with Crippen LogP contribution < -0.4 is 10.6 Å². The summed E-state index contributed by atoms with van der Waals surface area (Å²) < 4.78 is 12.2. The number of rotatable bonds is 9. The van der Waals surface area contributed by atoms with Crippen LogP contribution in [0.15, 0.2) is 84.9 Å². The number of carbonyl (C=O) groups excluding carboxylic acids is 4. The molecular formula is C36H32Cl2N4O6. The van der Waals surface area contributed by atoms with Gasteiger partial charge in [0.05, 0.1) is 45.2 Å². The van der Waals surface area contributed by atoms with Crippen LogP contribution in [0.5, 0.6) is 0 Å². The minimum Gasteiger partial charge on any atom is -0.401 e. The van der Waals surface area contributed by atoms with Crippen LogP contribution in [0.3, 0.4) is 0 Å². The van der Waals surface area contributed by atoms with Gasteiger partial charge in [-0.15, -0.1) is 0 Å². The minimum absolute atomic E-state index is 0.0864. The van der Waals surface area contributed by atoms with Gasteiger partial charge in [-0.05, 0) is 36.1 Å². The molecule has 2 unspecified atom stereocenters. The monoisotopic (exact) mass is 686 g/mol. The second-order valence-electron chi connectivity index (χ2n) is 11.7. The number of nitrogens with one attached hydrogen (secondary N) is 2. The molecule has 0 saturated carbocycles. The quantitative estimate of drug-likeness (QED) is 0.158. The van der Waals surface area contributed by atoms with Gasteiger partial charge in [0.25, 0.3) is 0 Å². The average Bonchev–Trinajstić information content (AvgIpc) is 3.21. The Balaban J connectivity index is 1.51. The van der Waals surface area contributed by atoms with Gasteiger partial charge < -0.3 is 14.8 Å². The molecule has 12 heteroatoms. The molecule has 3 aromatic carbocycles. The highest BCUT2D eigenvalue weighted by Gasteiger charge is 2.56. The van der Waals surface area contributed by atoms with Crippen molar-refractivity contribution in [2.75, 3.05) is 18.4 Å². The number of nitrogens with zero attached hydrogens (tertiary/aromatic N) is 2. The molecule has 0 fully saturated rings. The van der Waals surface area contributed by atoms with Gasteiger partial charge in [0.2, 0.25) is 5.91 Å². The van der Waals surface area contributed by atoms with Gasteiger partial charge in [-0.2, -0.15) is 0 Å². The fraction of sp³-hybridized carbons (Fsp3) is 0.250. The Morgan fingerprint density at radius 1 is 0.958 bits per heavy atom. The standard InChI is InChI=1S/C36H32Cl2N4O6/c1-21(24-12-13-26(37)27(38)19-24)18-31(39-20-30(44)23-8-4-3-5-9-23)42-17-16-29-34(36(42)47-32(45)14-15-33(46)48-36)35(40-22(2)43)25-10-6-7-11-28(25)41-29/h3-15,19,21,31,39H,16-18,20H2,1-2H3,(H,40,41,43). The summed E-state index contributed by atoms with van der Waals surface area (Å²) in [7, 11) is 0. The lowest BCUT2D eigenvalue weighted by molar-refractivity contribution is -0.306. The molecule has 1 aromatic heterocycles. The number of benzene rings is 3. The number of ether oxygens (including phenoxy) is 2. The summed E-state index contributed by atoms with van der Waals surface area (Å²) in [5.74, 6) is -4.58. The zero-order valence-corrected chi connectivity index (χ0v) is 27.7. The first-order valence-corrected chi connectivity index (χ1v) is 16.2. The number of halogens is 2. The zero-order valence-electron chi connectivity index (χ0n) is 26.2. The van der Waals surface area contributed by atoms with E-state index in [1.54, 1.807) is 53.4 Å². The molecule has 3 heterocycles. The Morgan fingerprint density at radius 3 is 2.33 bits per heavy atom. The Bertz CT molecular complexity index is 1930. The maximum absolute atomic E-state index is 13.4. The van der Waals surface area contributed by atoms with E-state index in [9.17, 15) is 19.2 Å². The predicted octanol–water partition coefficient (Wildman–Crippen LogP) is 6.12. The number of anilines is 1. The molecule has 48 heavy (non-hydrogen) atoms. The SMILES string of the molecule is CC(=O)Nc1c2c(nc3ccccc13)CCN(C(CC(C)c1ccc(Cl)c(Cl)c1)NCC(=O)c1ccccc1)C21OC(=O)C=CC(=O)O1. The van der Waals surface area contributed by atoms with Crippen LogP contribution in [0.2, 0.25) is 10.0 Å². The van der Waals surface area contributed by atoms with E-state index in [4.69, 9.17) is 37.7 Å². The number of pyridine rings is 1. The number of ketones is 1. The van der Waals surface area contributed by atoms with Gasteiger partial charge in [0, 0.05) is 43.0 Å². The number of hydrogen-bond donors (Lipinski definition) is 2. The third kappa shape index (κ3) is 6.70. The number of para-hydroxylation sites is 1. The summed E-state index contributed by atoms with van der Waals surface area (Å²) >= 11 is 12.6. The number of amides is 1. The largest absolute Gasteiger partial charge is 0.401 e. The Labute approximate surface area is 287 Å². The predicted molar refractivity (Wildman–Crippen MR) is 182 cm³/mol. The van der Waals surface area contributed by atoms with Crippen molar-refractivity contribution in [2.45, 2.75) is 44.7 Å². The number of hydrogen-bond acceptors (Lipinski definition) is 9. The summed E-state index contributed by atoms with van der Waals surface area (Å²) in [5.41, 5.74) is 2.99. The average molecular weight is 688 g/mol. The fourth-order valence-electron chi connectivity index (χ4n) is 6.23. The zero-order chi connectivity index (χ0) is 34.0. The molecule has 1 amide bonds. The van der Waals surface area contributed by atoms with E-state index < -0.39 is 24.0 Å². The van der Waals surface area contributed by atoms with Crippen LogP contribution in [0.4, 0.5) is 5.69 Å². The highest BCUT2D eigenvalue weighted by atomic mass is 35.5. The van der Waals surface area contributed by atoms with Crippen molar-refractivity contribution in [3.63, 3.8) is 0 Å². The highest BCUT2D eigenvalue weighted by molar-refractivity contribution is 6.42. The smallest absolute Gasteiger partial charge is 0.354 e. The second kappa shape index (κ2) is 13.9. The van der Waals surface area contributed by atoms with Gasteiger partial charge in [-0.1, -0.05) is 84.7 Å². The number of aromatic nitrogens is 1. The summed E-state index contributed by atoms with van der Waals surface area (Å²) in [6.45, 7) is 3.46. The first-order valence-electron chi connectivity index (χ1n) is 15.4. The maximum atomic E-state index is 13.4. The lowest BCUT2D eigenvalue weighted by atomic mass is 9.92. The second-order valence-corrected chi connectivity index (χ2v) is 12.5. The summed E-state index contributed by atoms with van der Waals surface area (Å²) in [4.78, 5) is 59.1. The number of carbonyl (C=O) groups is 4. The molecule has 246 valence electrons. The minimum atomic E-state index is -2.18. The molecule has 0 radical (unpaired) electrons. The number of fused-ring (bicyclic) bond motifs is 3. The first kappa shape index (κ1) is 33.3. The fourth-order valence-corrected chi connectivity index (χ4v) is 6.54. The number of Topliss-reactive ketones (excluding diaryl/α,β-unsaturated/α-hetero) is 1. The molecule has 10 nitrogen and oxygen atoms in total. The van der Waals surface area contributed by atoms with Crippen molar-refractivity contribution in [2.24, 2.45) is 0 Å². The molecule has 4 aromatic rings. The third-order valence-corrected chi connectivity index (χ3v) is 9.18. The van der Waals surface area contributed by atoms with E-state index in [1.165, 1.54) is 6.92 Å². The Morgan fingerprint density at radius 2 is 1.65 bits per heavy atom. The van der Waals surface area contributed by atoms with Crippen LogP contribution in [-0.2, 0) is 36.2 Å². The van der Waals surface area contributed by atoms with Crippen molar-refractivity contribution in [3.8, 4) is 0 Å². The summed E-state index contributed by atoms with van der Waals surface area (Å²) in [5, 5.41) is 7.63. The topological polar surface area (TPSA) is 127 Å². The molecule has 2 N–H and O–H groups in total. The van der Waals surface area contributed by atoms with E-state index in [0.717, 1.165) is 17.7 Å². The van der Waals surface area contributed by atoms with E-state index in [0.29, 0.717) is 50.7 Å². The molecular weight excluding hydrogens is 655 g/mol. The Hall–Kier alpha value is -4.61. The molecule has 2 aliphatic heterocycles. The van der Waals surface area contributed by atoms with Crippen molar-refractivity contribution in [3.05, 3.63) is 117 Å². The van der Waals surface area contributed by atoms with E-state index in [-0.39, 0.29) is 36.3 Å². The summed E-state index contributed by atoms with van der Waals surface area (Å²) in [6.07, 6.45) is 1.94. The third-order valence-electron chi connectivity index (χ3n) is 8.45. The highest BCUT2D eigenvalue weighted by Crippen LogP contribution is 2.47. The summed E-state index contributed by atoms with van der Waals surface area (Å²) in [6, 6.07) is 21.4. The van der Waals surface area contributed by atoms with Crippen molar-refractivity contribution in [1.29, 1.82) is 0 Å². The molecule has 2 atom stereocenters. The maximum Gasteiger partial charge on any atom is 0.354 e. The normalized spacial score (nSPS) is 16.8. The van der Waals surface area contributed by atoms with E-state index in [1.807, 2.05) is 31.2 Å².